The maximum absolute atomic E-state index is 12.7. The molecule has 1 unspecified atom stereocenters. The van der Waals surface area contributed by atoms with E-state index in [2.05, 4.69) is 12.2 Å². The van der Waals surface area contributed by atoms with Crippen LogP contribution in [0.3, 0.4) is 0 Å². The van der Waals surface area contributed by atoms with Gasteiger partial charge in [0.15, 0.2) is 0 Å². The molecule has 1 aromatic heterocycles. The third-order valence-electron chi connectivity index (χ3n) is 5.91. The molecule has 4 nitrogen and oxygen atoms in total. The summed E-state index contributed by atoms with van der Waals surface area (Å²) in [6.45, 7) is 4.67. The highest BCUT2D eigenvalue weighted by molar-refractivity contribution is 7.17. The lowest BCUT2D eigenvalue weighted by Gasteiger charge is -2.21. The van der Waals surface area contributed by atoms with Crippen molar-refractivity contribution in [2.75, 3.05) is 11.9 Å². The van der Waals surface area contributed by atoms with Gasteiger partial charge in [0.1, 0.15) is 5.00 Å². The first-order chi connectivity index (χ1) is 13.1. The van der Waals surface area contributed by atoms with Gasteiger partial charge >= 0.3 is 5.97 Å². The number of hydrogen-bond donors (Lipinski definition) is 1. The van der Waals surface area contributed by atoms with Crippen molar-refractivity contribution in [2.45, 2.75) is 84.5 Å². The molecule has 1 N–H and O–H groups in total. The van der Waals surface area contributed by atoms with Crippen molar-refractivity contribution in [3.63, 3.8) is 0 Å². The van der Waals surface area contributed by atoms with E-state index in [1.54, 1.807) is 11.3 Å². The first-order valence-corrected chi connectivity index (χ1v) is 11.5. The molecule has 0 saturated heterocycles. The van der Waals surface area contributed by atoms with Crippen molar-refractivity contribution < 1.29 is 14.3 Å². The molecule has 5 heteroatoms. The second-order valence-electron chi connectivity index (χ2n) is 8.28. The quantitative estimate of drug-likeness (QED) is 0.603. The molecule has 0 spiro atoms. The van der Waals surface area contributed by atoms with E-state index in [1.165, 1.54) is 37.0 Å². The van der Waals surface area contributed by atoms with Gasteiger partial charge in [-0.1, -0.05) is 46.0 Å². The monoisotopic (exact) mass is 391 g/mol. The Morgan fingerprint density at radius 1 is 1.19 bits per heavy atom. The smallest absolute Gasteiger partial charge is 0.341 e. The van der Waals surface area contributed by atoms with Crippen LogP contribution in [-0.2, 0) is 22.4 Å². The van der Waals surface area contributed by atoms with Crippen LogP contribution in [0.5, 0.6) is 0 Å². The zero-order valence-electron chi connectivity index (χ0n) is 16.8. The van der Waals surface area contributed by atoms with Crippen molar-refractivity contribution in [3.05, 3.63) is 16.0 Å². The number of rotatable bonds is 7. The van der Waals surface area contributed by atoms with E-state index in [-0.39, 0.29) is 11.9 Å². The van der Waals surface area contributed by atoms with E-state index in [1.807, 2.05) is 6.92 Å². The highest BCUT2D eigenvalue weighted by atomic mass is 32.1. The van der Waals surface area contributed by atoms with Crippen molar-refractivity contribution >= 4 is 28.2 Å². The Morgan fingerprint density at radius 3 is 2.70 bits per heavy atom. The Labute approximate surface area is 167 Å². The minimum absolute atomic E-state index is 0.0387. The van der Waals surface area contributed by atoms with Gasteiger partial charge in [0.2, 0.25) is 5.91 Å². The highest BCUT2D eigenvalue weighted by Gasteiger charge is 2.29. The van der Waals surface area contributed by atoms with Gasteiger partial charge in [-0.2, -0.15) is 0 Å². The molecule has 27 heavy (non-hydrogen) atoms. The van der Waals surface area contributed by atoms with Crippen molar-refractivity contribution in [1.29, 1.82) is 0 Å². The summed E-state index contributed by atoms with van der Waals surface area (Å²) in [6.07, 6.45) is 11.8. The van der Waals surface area contributed by atoms with Gasteiger partial charge in [-0.15, -0.1) is 11.3 Å². The molecule has 1 atom stereocenters. The van der Waals surface area contributed by atoms with Crippen LogP contribution in [0.15, 0.2) is 0 Å². The molecule has 1 heterocycles. The largest absolute Gasteiger partial charge is 0.462 e. The fourth-order valence-corrected chi connectivity index (χ4v) is 5.74. The van der Waals surface area contributed by atoms with Crippen molar-refractivity contribution in [3.8, 4) is 0 Å². The number of carbonyl (C=O) groups is 2. The van der Waals surface area contributed by atoms with Gasteiger partial charge in [0.25, 0.3) is 0 Å². The molecule has 150 valence electrons. The van der Waals surface area contributed by atoms with E-state index in [4.69, 9.17) is 4.74 Å². The van der Waals surface area contributed by atoms with Gasteiger partial charge in [-0.25, -0.2) is 4.79 Å². The number of nitrogens with one attached hydrogen (secondary N) is 1. The maximum atomic E-state index is 12.7. The van der Waals surface area contributed by atoms with E-state index in [0.29, 0.717) is 35.4 Å². The van der Waals surface area contributed by atoms with Crippen molar-refractivity contribution in [2.24, 2.45) is 11.8 Å². The summed E-state index contributed by atoms with van der Waals surface area (Å²) in [7, 11) is 0. The second kappa shape index (κ2) is 9.72. The summed E-state index contributed by atoms with van der Waals surface area (Å²) < 4.78 is 5.42. The van der Waals surface area contributed by atoms with Gasteiger partial charge in [0.05, 0.1) is 12.2 Å². The Balaban J connectivity index is 1.69. The third-order valence-corrected chi connectivity index (χ3v) is 7.08. The Morgan fingerprint density at radius 2 is 1.96 bits per heavy atom. The first-order valence-electron chi connectivity index (χ1n) is 10.7. The number of hydrogen-bond acceptors (Lipinski definition) is 4. The SMILES string of the molecule is CCCOC(=O)c1c(NC(=O)CCC2CCCCC2)sc2c1CCC(C)C2. The zero-order chi connectivity index (χ0) is 19.2. The van der Waals surface area contributed by atoms with Gasteiger partial charge in [-0.05, 0) is 49.5 Å². The van der Waals surface area contributed by atoms with Crippen LogP contribution in [-0.4, -0.2) is 18.5 Å². The molecule has 0 aromatic carbocycles. The first kappa shape index (κ1) is 20.4. The standard InChI is InChI=1S/C22H33NO3S/c1-3-13-26-22(25)20-17-11-9-15(2)14-18(17)27-21(20)23-19(24)12-10-16-7-5-4-6-8-16/h15-16H,3-14H2,1-2H3,(H,23,24). The molecule has 0 aliphatic heterocycles. The molecular formula is C22H33NO3S. The topological polar surface area (TPSA) is 55.4 Å². The fourth-order valence-electron chi connectivity index (χ4n) is 4.32. The van der Waals surface area contributed by atoms with Gasteiger partial charge < -0.3 is 10.1 Å². The predicted octanol–water partition coefficient (Wildman–Crippen LogP) is 5.74. The summed E-state index contributed by atoms with van der Waals surface area (Å²) >= 11 is 1.58. The van der Waals surface area contributed by atoms with E-state index < -0.39 is 0 Å². The number of anilines is 1. The average molecular weight is 392 g/mol. The summed E-state index contributed by atoms with van der Waals surface area (Å²) in [4.78, 5) is 26.5. The summed E-state index contributed by atoms with van der Waals surface area (Å²) in [6, 6.07) is 0. The lowest BCUT2D eigenvalue weighted by Crippen LogP contribution is -2.17. The lowest BCUT2D eigenvalue weighted by molar-refractivity contribution is -0.116. The van der Waals surface area contributed by atoms with Crippen LogP contribution < -0.4 is 5.32 Å². The zero-order valence-corrected chi connectivity index (χ0v) is 17.6. The molecule has 0 bridgehead atoms. The Bertz CT molecular complexity index is 661. The van der Waals surface area contributed by atoms with Crippen LogP contribution in [0.2, 0.25) is 0 Å². The normalized spacial score (nSPS) is 20.1. The molecule has 1 fully saturated rings. The lowest BCUT2D eigenvalue weighted by atomic mass is 9.86. The molecule has 2 aliphatic carbocycles. The van der Waals surface area contributed by atoms with E-state index >= 15 is 0 Å². The molecule has 0 radical (unpaired) electrons. The molecule has 2 aliphatic rings. The van der Waals surface area contributed by atoms with Crippen LogP contribution in [0.4, 0.5) is 5.00 Å². The molecule has 1 aromatic rings. The van der Waals surface area contributed by atoms with Crippen LogP contribution >= 0.6 is 11.3 Å². The van der Waals surface area contributed by atoms with Crippen molar-refractivity contribution in [1.82, 2.24) is 0 Å². The summed E-state index contributed by atoms with van der Waals surface area (Å²) in [5.41, 5.74) is 1.74. The minimum Gasteiger partial charge on any atom is -0.462 e. The molecule has 1 amide bonds. The highest BCUT2D eigenvalue weighted by Crippen LogP contribution is 2.40. The number of ether oxygens (including phenoxy) is 1. The number of amides is 1. The maximum Gasteiger partial charge on any atom is 0.341 e. The van der Waals surface area contributed by atoms with Crippen LogP contribution in [0, 0.1) is 11.8 Å². The molecule has 1 saturated carbocycles. The predicted molar refractivity (Wildman–Crippen MR) is 111 cm³/mol. The number of esters is 1. The number of carbonyl (C=O) groups excluding carboxylic acids is 2. The van der Waals surface area contributed by atoms with Gasteiger partial charge in [-0.3, -0.25) is 4.79 Å². The molecular weight excluding hydrogens is 358 g/mol. The molecule has 3 rings (SSSR count). The van der Waals surface area contributed by atoms with E-state index in [0.717, 1.165) is 37.7 Å². The Kier molecular flexibility index (Phi) is 7.33. The Hall–Kier alpha value is -1.36. The van der Waals surface area contributed by atoms with E-state index in [9.17, 15) is 9.59 Å². The van der Waals surface area contributed by atoms with Crippen LogP contribution in [0.25, 0.3) is 0 Å². The van der Waals surface area contributed by atoms with Gasteiger partial charge in [0, 0.05) is 11.3 Å². The fraction of sp³-hybridized carbons (Fsp3) is 0.727. The van der Waals surface area contributed by atoms with Crippen LogP contribution in [0.1, 0.15) is 92.4 Å². The number of fused-ring (bicyclic) bond motifs is 1. The number of thiophene rings is 1. The minimum atomic E-state index is -0.272. The third kappa shape index (κ3) is 5.34. The average Bonchev–Trinajstić information content (AvgIpc) is 3.02. The summed E-state index contributed by atoms with van der Waals surface area (Å²) in [5.74, 6) is 1.09. The summed E-state index contributed by atoms with van der Waals surface area (Å²) in [5, 5.41) is 3.77. The second-order valence-corrected chi connectivity index (χ2v) is 9.39.